The Balaban J connectivity index is 1.44. The minimum absolute atomic E-state index is 0.895. The van der Waals surface area contributed by atoms with Crippen molar-refractivity contribution in [2.45, 2.75) is 26.8 Å². The van der Waals surface area contributed by atoms with Crippen LogP contribution in [-0.2, 0) is 6.54 Å². The zero-order valence-corrected chi connectivity index (χ0v) is 15.0. The van der Waals surface area contributed by atoms with Gasteiger partial charge in [0.2, 0.25) is 0 Å². The molecule has 4 heterocycles. The second-order valence-corrected chi connectivity index (χ2v) is 7.57. The highest BCUT2D eigenvalue weighted by molar-refractivity contribution is 7.11. The number of hydrogen-bond acceptors (Lipinski definition) is 6. The van der Waals surface area contributed by atoms with Gasteiger partial charge in [-0.05, 0) is 32.4 Å². The molecular formula is C17H22N6S. The monoisotopic (exact) mass is 342 g/mol. The predicted molar refractivity (Wildman–Crippen MR) is 96.7 cm³/mol. The standard InChI is InChI=1S/C17H22N6S/c1-13-15(24-14(2)19-13)12-21-7-3-8-22(11-10-21)17-5-4-16-18-6-9-23(16)20-17/h4-6,9H,3,7-8,10-12H2,1-2H3. The van der Waals surface area contributed by atoms with E-state index in [0.717, 1.165) is 55.6 Å². The molecule has 1 aliphatic heterocycles. The van der Waals surface area contributed by atoms with Gasteiger partial charge in [0.05, 0.1) is 10.7 Å². The minimum Gasteiger partial charge on any atom is -0.354 e. The Labute approximate surface area is 145 Å². The van der Waals surface area contributed by atoms with Crippen molar-refractivity contribution < 1.29 is 0 Å². The maximum Gasteiger partial charge on any atom is 0.153 e. The fourth-order valence-electron chi connectivity index (χ4n) is 3.26. The molecule has 0 unspecified atom stereocenters. The van der Waals surface area contributed by atoms with Gasteiger partial charge in [-0.3, -0.25) is 4.90 Å². The normalized spacial score (nSPS) is 16.7. The van der Waals surface area contributed by atoms with Crippen LogP contribution < -0.4 is 4.90 Å². The number of aryl methyl sites for hydroxylation is 2. The van der Waals surface area contributed by atoms with E-state index < -0.39 is 0 Å². The summed E-state index contributed by atoms with van der Waals surface area (Å²) in [6.45, 7) is 9.45. The fourth-order valence-corrected chi connectivity index (χ4v) is 4.23. The summed E-state index contributed by atoms with van der Waals surface area (Å²) in [5.74, 6) is 1.03. The van der Waals surface area contributed by atoms with Crippen LogP contribution in [0.15, 0.2) is 24.5 Å². The van der Waals surface area contributed by atoms with Gasteiger partial charge >= 0.3 is 0 Å². The molecular weight excluding hydrogens is 320 g/mol. The first kappa shape index (κ1) is 15.5. The molecule has 0 saturated carbocycles. The number of rotatable bonds is 3. The average Bonchev–Trinajstić information content (AvgIpc) is 3.07. The van der Waals surface area contributed by atoms with Crippen molar-refractivity contribution in [2.24, 2.45) is 0 Å². The van der Waals surface area contributed by atoms with Crippen LogP contribution in [0.25, 0.3) is 5.65 Å². The molecule has 1 aliphatic rings. The molecule has 1 saturated heterocycles. The molecule has 0 bridgehead atoms. The predicted octanol–water partition coefficient (Wildman–Crippen LogP) is 2.51. The summed E-state index contributed by atoms with van der Waals surface area (Å²) in [4.78, 5) is 15.1. The van der Waals surface area contributed by atoms with Crippen LogP contribution >= 0.6 is 11.3 Å². The van der Waals surface area contributed by atoms with E-state index in [2.05, 4.69) is 44.8 Å². The number of imidazole rings is 1. The van der Waals surface area contributed by atoms with Crippen LogP contribution in [0.1, 0.15) is 22.0 Å². The molecule has 24 heavy (non-hydrogen) atoms. The lowest BCUT2D eigenvalue weighted by Gasteiger charge is -2.22. The van der Waals surface area contributed by atoms with Gasteiger partial charge in [-0.1, -0.05) is 0 Å². The Morgan fingerprint density at radius 2 is 2.04 bits per heavy atom. The average molecular weight is 342 g/mol. The first-order valence-corrected chi connectivity index (χ1v) is 9.21. The molecule has 7 heteroatoms. The van der Waals surface area contributed by atoms with E-state index in [4.69, 9.17) is 0 Å². The number of aromatic nitrogens is 4. The maximum atomic E-state index is 4.68. The van der Waals surface area contributed by atoms with E-state index in [1.807, 2.05) is 28.1 Å². The summed E-state index contributed by atoms with van der Waals surface area (Å²) in [6.07, 6.45) is 4.84. The molecule has 3 aromatic rings. The SMILES string of the molecule is Cc1nc(C)c(CN2CCCN(c3ccc4nccn4n3)CC2)s1. The quantitative estimate of drug-likeness (QED) is 0.732. The van der Waals surface area contributed by atoms with E-state index in [-0.39, 0.29) is 0 Å². The van der Waals surface area contributed by atoms with Gasteiger partial charge in [-0.15, -0.1) is 16.4 Å². The first-order chi connectivity index (χ1) is 11.7. The van der Waals surface area contributed by atoms with Crippen molar-refractivity contribution in [3.05, 3.63) is 40.1 Å². The van der Waals surface area contributed by atoms with E-state index in [1.54, 1.807) is 6.20 Å². The first-order valence-electron chi connectivity index (χ1n) is 8.39. The van der Waals surface area contributed by atoms with Gasteiger partial charge < -0.3 is 4.90 Å². The lowest BCUT2D eigenvalue weighted by molar-refractivity contribution is 0.287. The molecule has 3 aromatic heterocycles. The summed E-state index contributed by atoms with van der Waals surface area (Å²) in [5.41, 5.74) is 2.08. The van der Waals surface area contributed by atoms with Gasteiger partial charge in [0.1, 0.15) is 5.82 Å². The van der Waals surface area contributed by atoms with Gasteiger partial charge in [0, 0.05) is 50.0 Å². The Hall–Kier alpha value is -1.99. The molecule has 0 spiro atoms. The van der Waals surface area contributed by atoms with Crippen molar-refractivity contribution in [2.75, 3.05) is 31.1 Å². The zero-order valence-electron chi connectivity index (χ0n) is 14.1. The molecule has 0 aliphatic carbocycles. The van der Waals surface area contributed by atoms with Crippen LogP contribution in [0.5, 0.6) is 0 Å². The van der Waals surface area contributed by atoms with Gasteiger partial charge in [-0.25, -0.2) is 14.5 Å². The highest BCUT2D eigenvalue weighted by Crippen LogP contribution is 2.21. The number of hydrogen-bond donors (Lipinski definition) is 0. The Bertz CT molecular complexity index is 839. The second-order valence-electron chi connectivity index (χ2n) is 6.28. The Morgan fingerprint density at radius 1 is 1.12 bits per heavy atom. The van der Waals surface area contributed by atoms with Gasteiger partial charge in [-0.2, -0.15) is 0 Å². The number of thiazole rings is 1. The summed E-state index contributed by atoms with van der Waals surface area (Å²) < 4.78 is 1.85. The minimum atomic E-state index is 0.895. The molecule has 0 amide bonds. The Kier molecular flexibility index (Phi) is 4.20. The smallest absolute Gasteiger partial charge is 0.153 e. The third-order valence-electron chi connectivity index (χ3n) is 4.52. The topological polar surface area (TPSA) is 49.6 Å². The lowest BCUT2D eigenvalue weighted by atomic mass is 10.3. The van der Waals surface area contributed by atoms with Crippen molar-refractivity contribution in [3.63, 3.8) is 0 Å². The third-order valence-corrected chi connectivity index (χ3v) is 5.58. The van der Waals surface area contributed by atoms with Crippen LogP contribution in [0.2, 0.25) is 0 Å². The third kappa shape index (κ3) is 3.14. The number of anilines is 1. The van der Waals surface area contributed by atoms with Gasteiger partial charge in [0.25, 0.3) is 0 Å². The van der Waals surface area contributed by atoms with E-state index >= 15 is 0 Å². The number of fused-ring (bicyclic) bond motifs is 1. The summed E-state index contributed by atoms with van der Waals surface area (Å²) >= 11 is 1.83. The van der Waals surface area contributed by atoms with Crippen LogP contribution in [-0.4, -0.2) is 50.7 Å². The largest absolute Gasteiger partial charge is 0.354 e. The highest BCUT2D eigenvalue weighted by atomic mass is 32.1. The maximum absolute atomic E-state index is 4.68. The van der Waals surface area contributed by atoms with Crippen molar-refractivity contribution >= 4 is 22.8 Å². The molecule has 1 fully saturated rings. The van der Waals surface area contributed by atoms with Crippen LogP contribution in [0, 0.1) is 13.8 Å². The summed E-state index contributed by atoms with van der Waals surface area (Å²) in [6, 6.07) is 4.11. The molecule has 0 atom stereocenters. The highest BCUT2D eigenvalue weighted by Gasteiger charge is 2.18. The lowest BCUT2D eigenvalue weighted by Crippen LogP contribution is -2.31. The zero-order chi connectivity index (χ0) is 16.5. The van der Waals surface area contributed by atoms with Crippen molar-refractivity contribution in [1.82, 2.24) is 24.5 Å². The molecule has 0 aromatic carbocycles. The summed E-state index contributed by atoms with van der Waals surface area (Å²) in [5, 5.41) is 5.84. The fraction of sp³-hybridized carbons (Fsp3) is 0.471. The molecule has 6 nitrogen and oxygen atoms in total. The van der Waals surface area contributed by atoms with Gasteiger partial charge in [0.15, 0.2) is 5.65 Å². The van der Waals surface area contributed by atoms with E-state index in [1.165, 1.54) is 10.6 Å². The molecule has 0 radical (unpaired) electrons. The molecule has 0 N–H and O–H groups in total. The molecule has 126 valence electrons. The van der Waals surface area contributed by atoms with Crippen LogP contribution in [0.3, 0.4) is 0 Å². The van der Waals surface area contributed by atoms with Crippen molar-refractivity contribution in [3.8, 4) is 0 Å². The molecule has 4 rings (SSSR count). The number of nitrogens with zero attached hydrogens (tertiary/aromatic N) is 6. The van der Waals surface area contributed by atoms with E-state index in [9.17, 15) is 0 Å². The van der Waals surface area contributed by atoms with Crippen molar-refractivity contribution in [1.29, 1.82) is 0 Å². The second kappa shape index (κ2) is 6.49. The summed E-state index contributed by atoms with van der Waals surface area (Å²) in [7, 11) is 0. The van der Waals surface area contributed by atoms with E-state index in [0.29, 0.717) is 0 Å². The van der Waals surface area contributed by atoms with Crippen LogP contribution in [0.4, 0.5) is 5.82 Å². The Morgan fingerprint density at radius 3 is 2.88 bits per heavy atom.